The van der Waals surface area contributed by atoms with E-state index >= 15 is 0 Å². The number of carboxylic acids is 1. The number of carboxylic acid groups (broad SMARTS) is 1. The Bertz CT molecular complexity index is 293. The van der Waals surface area contributed by atoms with Crippen molar-refractivity contribution in [2.75, 3.05) is 18.0 Å². The van der Waals surface area contributed by atoms with Gasteiger partial charge in [0.05, 0.1) is 0 Å². The van der Waals surface area contributed by atoms with Gasteiger partial charge in [-0.3, -0.25) is 0 Å². The molecule has 0 amide bonds. The summed E-state index contributed by atoms with van der Waals surface area (Å²) in [5.74, 6) is -0.833. The number of rotatable bonds is 4. The van der Waals surface area contributed by atoms with Crippen molar-refractivity contribution in [3.63, 3.8) is 0 Å². The molecule has 0 spiro atoms. The van der Waals surface area contributed by atoms with Crippen molar-refractivity contribution < 1.29 is 14.5 Å². The van der Waals surface area contributed by atoms with E-state index in [4.69, 9.17) is 5.11 Å². The fraction of sp³-hybridized carbons (Fsp3) is 0.571. The molecule has 0 fully saturated rings. The fourth-order valence-corrected chi connectivity index (χ4v) is 1.05. The van der Waals surface area contributed by atoms with E-state index in [1.807, 2.05) is 13.8 Å². The summed E-state index contributed by atoms with van der Waals surface area (Å²) in [5, 5.41) is 15.5. The fourth-order valence-electron chi connectivity index (χ4n) is 1.05. The highest BCUT2D eigenvalue weighted by Crippen LogP contribution is 2.14. The molecule has 0 radical (unpaired) electrons. The Morgan fingerprint density at radius 2 is 2.08 bits per heavy atom. The van der Waals surface area contributed by atoms with Crippen molar-refractivity contribution >= 4 is 11.8 Å². The maximum atomic E-state index is 10.6. The van der Waals surface area contributed by atoms with Gasteiger partial charge in [-0.05, 0) is 24.2 Å². The minimum absolute atomic E-state index is 0.135. The second kappa shape index (κ2) is 3.88. The van der Waals surface area contributed by atoms with Gasteiger partial charge in [-0.2, -0.15) is 0 Å². The van der Waals surface area contributed by atoms with Crippen LogP contribution in [-0.4, -0.2) is 34.5 Å². The molecule has 1 aromatic rings. The Hall–Kier alpha value is -1.59. The number of carbonyl (C=O) groups is 1. The lowest BCUT2D eigenvalue weighted by Crippen LogP contribution is -2.24. The Labute approximate surface area is 75.1 Å². The molecule has 1 rings (SSSR count). The van der Waals surface area contributed by atoms with E-state index in [1.54, 1.807) is 4.90 Å². The molecule has 0 saturated carbocycles. The maximum absolute atomic E-state index is 10.6. The summed E-state index contributed by atoms with van der Waals surface area (Å²) >= 11 is 0. The smallest absolute Gasteiger partial charge is 0.362 e. The Morgan fingerprint density at radius 3 is 2.54 bits per heavy atom. The Balaban J connectivity index is 2.98. The second-order valence-electron chi connectivity index (χ2n) is 2.41. The van der Waals surface area contributed by atoms with Crippen LogP contribution in [0.15, 0.2) is 4.63 Å². The van der Waals surface area contributed by atoms with Gasteiger partial charge in [0.1, 0.15) is 0 Å². The molecule has 13 heavy (non-hydrogen) atoms. The van der Waals surface area contributed by atoms with E-state index in [9.17, 15) is 4.79 Å². The first-order valence-electron chi connectivity index (χ1n) is 4.01. The number of hydrogen-bond donors (Lipinski definition) is 1. The largest absolute Gasteiger partial charge is 0.476 e. The van der Waals surface area contributed by atoms with Crippen LogP contribution >= 0.6 is 0 Å². The van der Waals surface area contributed by atoms with E-state index in [0.29, 0.717) is 13.1 Å². The molecule has 72 valence electrons. The van der Waals surface area contributed by atoms with Crippen molar-refractivity contribution in [1.82, 2.24) is 10.3 Å². The number of aromatic carboxylic acids is 1. The average molecular weight is 185 g/mol. The lowest BCUT2D eigenvalue weighted by atomic mass is 10.4. The number of anilines is 1. The van der Waals surface area contributed by atoms with E-state index in [2.05, 4.69) is 14.9 Å². The predicted octanol–water partition coefficient (Wildman–Crippen LogP) is 0.614. The van der Waals surface area contributed by atoms with Crippen LogP contribution < -0.4 is 4.90 Å². The molecule has 0 aliphatic heterocycles. The zero-order valence-corrected chi connectivity index (χ0v) is 7.52. The molecule has 0 saturated heterocycles. The molecule has 0 aliphatic carbocycles. The molecular formula is C7H11N3O3. The van der Waals surface area contributed by atoms with Gasteiger partial charge < -0.3 is 10.0 Å². The molecule has 0 unspecified atom stereocenters. The van der Waals surface area contributed by atoms with Gasteiger partial charge in [0, 0.05) is 13.1 Å². The van der Waals surface area contributed by atoms with E-state index in [-0.39, 0.29) is 11.5 Å². The highest BCUT2D eigenvalue weighted by Gasteiger charge is 2.20. The highest BCUT2D eigenvalue weighted by atomic mass is 16.6. The van der Waals surface area contributed by atoms with Gasteiger partial charge >= 0.3 is 5.97 Å². The van der Waals surface area contributed by atoms with Crippen molar-refractivity contribution in [1.29, 1.82) is 0 Å². The third-order valence-electron chi connectivity index (χ3n) is 1.74. The highest BCUT2D eigenvalue weighted by molar-refractivity contribution is 5.90. The van der Waals surface area contributed by atoms with Crippen LogP contribution in [0.25, 0.3) is 0 Å². The lowest BCUT2D eigenvalue weighted by Gasteiger charge is -2.16. The molecule has 6 heteroatoms. The number of nitrogens with zero attached hydrogens (tertiary/aromatic N) is 3. The SMILES string of the molecule is CCN(CC)c1nonc1C(=O)O. The van der Waals surface area contributed by atoms with Crippen molar-refractivity contribution in [3.8, 4) is 0 Å². The van der Waals surface area contributed by atoms with Gasteiger partial charge in [0.25, 0.3) is 0 Å². The summed E-state index contributed by atoms with van der Waals surface area (Å²) in [5.41, 5.74) is -0.135. The normalized spacial score (nSPS) is 10.0. The van der Waals surface area contributed by atoms with E-state index < -0.39 is 5.97 Å². The molecule has 0 bridgehead atoms. The van der Waals surface area contributed by atoms with Gasteiger partial charge in [0.2, 0.25) is 11.5 Å². The van der Waals surface area contributed by atoms with Crippen LogP contribution in [0, 0.1) is 0 Å². The van der Waals surface area contributed by atoms with Crippen molar-refractivity contribution in [2.24, 2.45) is 0 Å². The molecular weight excluding hydrogens is 174 g/mol. The first kappa shape index (κ1) is 9.50. The van der Waals surface area contributed by atoms with E-state index in [0.717, 1.165) is 0 Å². The summed E-state index contributed by atoms with van der Waals surface area (Å²) in [6.07, 6.45) is 0. The topological polar surface area (TPSA) is 79.5 Å². The summed E-state index contributed by atoms with van der Waals surface area (Å²) in [6.45, 7) is 5.16. The van der Waals surface area contributed by atoms with Crippen molar-refractivity contribution in [2.45, 2.75) is 13.8 Å². The Kier molecular flexibility index (Phi) is 2.84. The van der Waals surface area contributed by atoms with Crippen LogP contribution in [0.1, 0.15) is 24.3 Å². The molecule has 1 N–H and O–H groups in total. The standard InChI is InChI=1S/C7H11N3O3/c1-3-10(4-2)6-5(7(11)12)8-13-9-6/h3-4H2,1-2H3,(H,11,12). The van der Waals surface area contributed by atoms with Gasteiger partial charge in [0.15, 0.2) is 0 Å². The molecule has 0 aromatic carbocycles. The first-order valence-corrected chi connectivity index (χ1v) is 4.01. The van der Waals surface area contributed by atoms with Gasteiger partial charge in [-0.15, -0.1) is 0 Å². The molecule has 0 atom stereocenters. The first-order chi connectivity index (χ1) is 6.20. The van der Waals surface area contributed by atoms with E-state index in [1.165, 1.54) is 0 Å². The summed E-state index contributed by atoms with van der Waals surface area (Å²) in [6, 6.07) is 0. The van der Waals surface area contributed by atoms with Crippen LogP contribution in [0.2, 0.25) is 0 Å². The third-order valence-corrected chi connectivity index (χ3v) is 1.74. The van der Waals surface area contributed by atoms with Gasteiger partial charge in [-0.25, -0.2) is 9.42 Å². The minimum Gasteiger partial charge on any atom is -0.476 e. The summed E-state index contributed by atoms with van der Waals surface area (Å²) in [4.78, 5) is 12.4. The second-order valence-corrected chi connectivity index (χ2v) is 2.41. The molecule has 1 aromatic heterocycles. The van der Waals surface area contributed by atoms with Crippen LogP contribution in [0.5, 0.6) is 0 Å². The number of hydrogen-bond acceptors (Lipinski definition) is 5. The minimum atomic E-state index is -1.12. The molecule has 0 aliphatic rings. The zero-order chi connectivity index (χ0) is 9.84. The third kappa shape index (κ3) is 1.77. The quantitative estimate of drug-likeness (QED) is 0.740. The summed E-state index contributed by atoms with van der Waals surface area (Å²) in [7, 11) is 0. The predicted molar refractivity (Wildman–Crippen MR) is 44.8 cm³/mol. The maximum Gasteiger partial charge on any atom is 0.362 e. The average Bonchev–Trinajstić information content (AvgIpc) is 2.55. The van der Waals surface area contributed by atoms with Crippen molar-refractivity contribution in [3.05, 3.63) is 5.69 Å². The zero-order valence-electron chi connectivity index (χ0n) is 7.52. The van der Waals surface area contributed by atoms with Crippen LogP contribution in [-0.2, 0) is 0 Å². The molecule has 1 heterocycles. The number of aromatic nitrogens is 2. The monoisotopic (exact) mass is 185 g/mol. The lowest BCUT2D eigenvalue weighted by molar-refractivity contribution is 0.0685. The van der Waals surface area contributed by atoms with Crippen LogP contribution in [0.3, 0.4) is 0 Å². The summed E-state index contributed by atoms with van der Waals surface area (Å²) < 4.78 is 4.37. The molecule has 6 nitrogen and oxygen atoms in total. The van der Waals surface area contributed by atoms with Crippen LogP contribution in [0.4, 0.5) is 5.82 Å². The Morgan fingerprint density at radius 1 is 1.46 bits per heavy atom. The van der Waals surface area contributed by atoms with Gasteiger partial charge in [-0.1, -0.05) is 0 Å².